The van der Waals surface area contributed by atoms with Crippen LogP contribution in [0.15, 0.2) is 65.8 Å². The summed E-state index contributed by atoms with van der Waals surface area (Å²) in [5.41, 5.74) is 6.90. The molecule has 0 N–H and O–H groups in total. The van der Waals surface area contributed by atoms with E-state index in [9.17, 15) is 0 Å². The summed E-state index contributed by atoms with van der Waals surface area (Å²) in [7, 11) is 0. The number of aryl methyl sites for hydroxylation is 2. The monoisotopic (exact) mass is 412 g/mol. The second-order valence-corrected chi connectivity index (χ2v) is 8.37. The fourth-order valence-electron chi connectivity index (χ4n) is 4.74. The van der Waals surface area contributed by atoms with Gasteiger partial charge in [0.25, 0.3) is 0 Å². The molecule has 3 aromatic rings. The molecule has 0 saturated carbocycles. The molecule has 3 aromatic carbocycles. The zero-order valence-electron chi connectivity index (χ0n) is 17.7. The highest BCUT2D eigenvalue weighted by atomic mass is 16.6. The van der Waals surface area contributed by atoms with Crippen molar-refractivity contribution in [1.82, 2.24) is 5.01 Å². The van der Waals surface area contributed by atoms with Crippen molar-refractivity contribution in [2.45, 2.75) is 32.5 Å². The van der Waals surface area contributed by atoms with Crippen LogP contribution in [0.3, 0.4) is 0 Å². The van der Waals surface area contributed by atoms with Gasteiger partial charge in [0.2, 0.25) is 6.23 Å². The van der Waals surface area contributed by atoms with E-state index in [0.29, 0.717) is 13.2 Å². The lowest BCUT2D eigenvalue weighted by Crippen LogP contribution is -2.34. The molecule has 0 amide bonds. The van der Waals surface area contributed by atoms with Crippen LogP contribution in [0.1, 0.15) is 46.5 Å². The SMILES string of the molecule is Cc1ccc([C@H]2Oc3ccccc3[C@@H]3CC(c4ccc5c(c4)OCCO5)=NN23)c(C)c1. The van der Waals surface area contributed by atoms with Crippen molar-refractivity contribution < 1.29 is 14.2 Å². The Morgan fingerprint density at radius 2 is 1.68 bits per heavy atom. The minimum Gasteiger partial charge on any atom is -0.486 e. The van der Waals surface area contributed by atoms with Gasteiger partial charge in [-0.25, -0.2) is 5.01 Å². The van der Waals surface area contributed by atoms with E-state index in [1.54, 1.807) is 0 Å². The van der Waals surface area contributed by atoms with Crippen molar-refractivity contribution >= 4 is 5.71 Å². The summed E-state index contributed by atoms with van der Waals surface area (Å²) in [5.74, 6) is 2.53. The molecule has 5 nitrogen and oxygen atoms in total. The maximum absolute atomic E-state index is 6.50. The van der Waals surface area contributed by atoms with Gasteiger partial charge >= 0.3 is 0 Å². The minimum absolute atomic E-state index is 0.138. The first-order valence-electron chi connectivity index (χ1n) is 10.8. The number of para-hydroxylation sites is 1. The first-order valence-corrected chi connectivity index (χ1v) is 10.8. The molecule has 6 rings (SSSR count). The van der Waals surface area contributed by atoms with Gasteiger partial charge in [-0.1, -0.05) is 42.0 Å². The lowest BCUT2D eigenvalue weighted by molar-refractivity contribution is -0.0194. The zero-order chi connectivity index (χ0) is 20.9. The molecule has 0 aliphatic carbocycles. The molecule has 0 unspecified atom stereocenters. The summed E-state index contributed by atoms with van der Waals surface area (Å²) >= 11 is 0. The van der Waals surface area contributed by atoms with Gasteiger partial charge in [0.15, 0.2) is 11.5 Å². The van der Waals surface area contributed by atoms with E-state index in [-0.39, 0.29) is 12.3 Å². The van der Waals surface area contributed by atoms with E-state index in [1.807, 2.05) is 18.2 Å². The van der Waals surface area contributed by atoms with Crippen LogP contribution in [-0.4, -0.2) is 23.9 Å². The first-order chi connectivity index (χ1) is 15.2. The number of hydrogen-bond acceptors (Lipinski definition) is 5. The summed E-state index contributed by atoms with van der Waals surface area (Å²) in [4.78, 5) is 0. The number of rotatable bonds is 2. The molecule has 0 radical (unpaired) electrons. The quantitative estimate of drug-likeness (QED) is 0.572. The second-order valence-electron chi connectivity index (χ2n) is 8.37. The normalized spacial score (nSPS) is 21.1. The Hall–Kier alpha value is -3.47. The summed E-state index contributed by atoms with van der Waals surface area (Å²) in [6, 6.07) is 21.1. The van der Waals surface area contributed by atoms with Gasteiger partial charge < -0.3 is 14.2 Å². The highest BCUT2D eigenvalue weighted by molar-refractivity contribution is 6.02. The molecule has 0 bridgehead atoms. The van der Waals surface area contributed by atoms with E-state index in [0.717, 1.165) is 40.5 Å². The number of fused-ring (bicyclic) bond motifs is 4. The van der Waals surface area contributed by atoms with Crippen LogP contribution >= 0.6 is 0 Å². The average Bonchev–Trinajstić information content (AvgIpc) is 3.24. The Bertz CT molecular complexity index is 1200. The molecule has 31 heavy (non-hydrogen) atoms. The van der Waals surface area contributed by atoms with Crippen LogP contribution in [0.5, 0.6) is 17.2 Å². The standard InChI is InChI=1S/C26H24N2O3/c1-16-7-9-19(17(2)13-16)26-28-22(20-5-3-4-6-23(20)31-26)15-21(27-28)18-8-10-24-25(14-18)30-12-11-29-24/h3-10,13-14,22,26H,11-12,15H2,1-2H3/t22-,26+/m0/s1. The summed E-state index contributed by atoms with van der Waals surface area (Å²) in [6.45, 7) is 5.43. The highest BCUT2D eigenvalue weighted by Crippen LogP contribution is 2.48. The number of benzene rings is 3. The van der Waals surface area contributed by atoms with Gasteiger partial charge in [-0.2, -0.15) is 5.10 Å². The third-order valence-corrected chi connectivity index (χ3v) is 6.27. The van der Waals surface area contributed by atoms with Crippen LogP contribution in [0, 0.1) is 13.8 Å². The molecule has 0 aromatic heterocycles. The van der Waals surface area contributed by atoms with E-state index in [4.69, 9.17) is 19.3 Å². The molecule has 0 saturated heterocycles. The molecule has 5 heteroatoms. The van der Waals surface area contributed by atoms with E-state index in [1.165, 1.54) is 16.7 Å². The smallest absolute Gasteiger partial charge is 0.214 e. The summed E-state index contributed by atoms with van der Waals surface area (Å²) < 4.78 is 18.0. The molecule has 0 fully saturated rings. The fourth-order valence-corrected chi connectivity index (χ4v) is 4.74. The number of nitrogens with zero attached hydrogens (tertiary/aromatic N) is 2. The Morgan fingerprint density at radius 3 is 2.55 bits per heavy atom. The minimum atomic E-state index is -0.254. The van der Waals surface area contributed by atoms with Crippen molar-refractivity contribution in [2.75, 3.05) is 13.2 Å². The average molecular weight is 412 g/mol. The Morgan fingerprint density at radius 1 is 0.839 bits per heavy atom. The van der Waals surface area contributed by atoms with Crippen LogP contribution in [0.2, 0.25) is 0 Å². The largest absolute Gasteiger partial charge is 0.486 e. The van der Waals surface area contributed by atoms with Gasteiger partial charge in [-0.05, 0) is 43.7 Å². The molecule has 156 valence electrons. The Balaban J connectivity index is 1.43. The van der Waals surface area contributed by atoms with Gasteiger partial charge in [0.1, 0.15) is 19.0 Å². The first kappa shape index (κ1) is 18.3. The predicted octanol–water partition coefficient (Wildman–Crippen LogP) is 5.32. The maximum atomic E-state index is 6.50. The van der Waals surface area contributed by atoms with Crippen molar-refractivity contribution in [2.24, 2.45) is 5.10 Å². The van der Waals surface area contributed by atoms with Crippen molar-refractivity contribution in [3.05, 3.63) is 88.5 Å². The molecule has 3 aliphatic heterocycles. The van der Waals surface area contributed by atoms with Crippen molar-refractivity contribution in [3.8, 4) is 17.2 Å². The number of hydrogen-bond donors (Lipinski definition) is 0. The summed E-state index contributed by atoms with van der Waals surface area (Å²) in [6.07, 6.45) is 0.566. The fraction of sp³-hybridized carbons (Fsp3) is 0.269. The van der Waals surface area contributed by atoms with Crippen LogP contribution in [-0.2, 0) is 0 Å². The van der Waals surface area contributed by atoms with Gasteiger partial charge in [-0.3, -0.25) is 0 Å². The van der Waals surface area contributed by atoms with Crippen molar-refractivity contribution in [1.29, 1.82) is 0 Å². The lowest BCUT2D eigenvalue weighted by Gasteiger charge is -2.38. The number of ether oxygens (including phenoxy) is 3. The van der Waals surface area contributed by atoms with Crippen LogP contribution in [0.4, 0.5) is 0 Å². The van der Waals surface area contributed by atoms with E-state index < -0.39 is 0 Å². The van der Waals surface area contributed by atoms with E-state index in [2.05, 4.69) is 61.3 Å². The van der Waals surface area contributed by atoms with Crippen LogP contribution < -0.4 is 14.2 Å². The van der Waals surface area contributed by atoms with Gasteiger partial charge in [-0.15, -0.1) is 0 Å². The molecular formula is C26H24N2O3. The highest BCUT2D eigenvalue weighted by Gasteiger charge is 2.41. The third-order valence-electron chi connectivity index (χ3n) is 6.27. The molecule has 0 spiro atoms. The predicted molar refractivity (Wildman–Crippen MR) is 119 cm³/mol. The maximum Gasteiger partial charge on any atom is 0.214 e. The molecule has 3 aliphatic rings. The lowest BCUT2D eigenvalue weighted by atomic mass is 9.95. The third kappa shape index (κ3) is 3.03. The molecule has 3 heterocycles. The van der Waals surface area contributed by atoms with E-state index >= 15 is 0 Å². The molecule has 2 atom stereocenters. The van der Waals surface area contributed by atoms with Gasteiger partial charge in [0, 0.05) is 23.1 Å². The van der Waals surface area contributed by atoms with Gasteiger partial charge in [0.05, 0.1) is 11.8 Å². The Labute approximate surface area is 181 Å². The Kier molecular flexibility index (Phi) is 4.16. The topological polar surface area (TPSA) is 43.3 Å². The number of hydrazone groups is 1. The molecular weight excluding hydrogens is 388 g/mol. The second kappa shape index (κ2) is 7.05. The van der Waals surface area contributed by atoms with Crippen molar-refractivity contribution in [3.63, 3.8) is 0 Å². The zero-order valence-corrected chi connectivity index (χ0v) is 17.7. The van der Waals surface area contributed by atoms with Crippen LogP contribution in [0.25, 0.3) is 0 Å². The summed E-state index contributed by atoms with van der Waals surface area (Å²) in [5, 5.41) is 7.21.